The molecule has 5 aromatic rings. The fourth-order valence-electron chi connectivity index (χ4n) is 5.77. The first-order chi connectivity index (χ1) is 17.7. The van der Waals surface area contributed by atoms with Crippen LogP contribution in [0.25, 0.3) is 43.6 Å². The number of ether oxygens (including phenoxy) is 1. The molecule has 2 nitrogen and oxygen atoms in total. The normalized spacial score (nSPS) is 13.7. The smallest absolute Gasteiger partial charge is 0.394 e. The summed E-state index contributed by atoms with van der Waals surface area (Å²) in [7, 11) is 0. The highest BCUT2D eigenvalue weighted by atomic mass is 19.4. The number of aromatic nitrogens is 1. The minimum absolute atomic E-state index is 0.0926. The fraction of sp³-hybridized carbons (Fsp3) is 0.303. The van der Waals surface area contributed by atoms with Crippen LogP contribution in [0, 0.1) is 12.3 Å². The summed E-state index contributed by atoms with van der Waals surface area (Å²) in [6, 6.07) is 18.2. The molecule has 1 aliphatic rings. The van der Waals surface area contributed by atoms with Gasteiger partial charge in [-0.25, -0.2) is 0 Å². The Balaban J connectivity index is 1.62. The van der Waals surface area contributed by atoms with Gasteiger partial charge in [0.2, 0.25) is 0 Å². The van der Waals surface area contributed by atoms with Crippen LogP contribution in [0.5, 0.6) is 11.5 Å². The molecule has 1 aromatic heterocycles. The predicted octanol–water partition coefficient (Wildman–Crippen LogP) is 10.1. The molecule has 0 spiro atoms. The third kappa shape index (κ3) is 3.74. The summed E-state index contributed by atoms with van der Waals surface area (Å²) < 4.78 is 47.5. The summed E-state index contributed by atoms with van der Waals surface area (Å²) >= 11 is 0. The van der Waals surface area contributed by atoms with Crippen LogP contribution in [0.15, 0.2) is 60.8 Å². The molecule has 0 saturated heterocycles. The second kappa shape index (κ2) is 7.95. The number of pyridine rings is 1. The summed E-state index contributed by atoms with van der Waals surface area (Å²) in [6.45, 7) is 11.1. The molecule has 0 fully saturated rings. The highest BCUT2D eigenvalue weighted by Crippen LogP contribution is 2.53. The molecule has 4 aromatic carbocycles. The van der Waals surface area contributed by atoms with Crippen molar-refractivity contribution in [1.82, 2.24) is 4.98 Å². The molecular weight excluding hydrogens is 483 g/mol. The van der Waals surface area contributed by atoms with Gasteiger partial charge in [-0.05, 0) is 69.5 Å². The lowest BCUT2D eigenvalue weighted by atomic mass is 9.80. The van der Waals surface area contributed by atoms with E-state index >= 15 is 0 Å². The van der Waals surface area contributed by atoms with E-state index in [1.54, 1.807) is 0 Å². The number of rotatable bonds is 2. The van der Waals surface area contributed by atoms with Gasteiger partial charge < -0.3 is 4.74 Å². The molecule has 0 aliphatic carbocycles. The van der Waals surface area contributed by atoms with Crippen LogP contribution in [0.3, 0.4) is 0 Å². The molecule has 5 heteroatoms. The van der Waals surface area contributed by atoms with Crippen molar-refractivity contribution in [3.05, 3.63) is 77.5 Å². The number of benzene rings is 4. The largest absolute Gasteiger partial charge is 0.456 e. The predicted molar refractivity (Wildman–Crippen MR) is 149 cm³/mol. The van der Waals surface area contributed by atoms with Gasteiger partial charge >= 0.3 is 6.18 Å². The van der Waals surface area contributed by atoms with E-state index in [0.29, 0.717) is 11.3 Å². The molecule has 0 radical (unpaired) electrons. The Kier molecular flexibility index (Phi) is 5.17. The maximum absolute atomic E-state index is 13.6. The highest BCUT2D eigenvalue weighted by molar-refractivity contribution is 6.16. The van der Waals surface area contributed by atoms with Gasteiger partial charge in [0.25, 0.3) is 0 Å². The summed E-state index contributed by atoms with van der Waals surface area (Å²) in [5, 5.41) is 6.05. The quantitative estimate of drug-likeness (QED) is 0.215. The third-order valence-electron chi connectivity index (χ3n) is 7.77. The Morgan fingerprint density at radius 2 is 1.50 bits per heavy atom. The van der Waals surface area contributed by atoms with Gasteiger partial charge in [-0.15, -0.1) is 0 Å². The fourth-order valence-corrected chi connectivity index (χ4v) is 5.77. The Morgan fingerprint density at radius 1 is 0.789 bits per heavy atom. The van der Waals surface area contributed by atoms with Crippen LogP contribution in [-0.2, 0) is 11.8 Å². The number of nitrogens with zero attached hydrogens (tertiary/aromatic N) is 1. The molecular formula is C33H30F3NO. The Bertz CT molecular complexity index is 1770. The van der Waals surface area contributed by atoms with E-state index in [1.807, 2.05) is 36.5 Å². The van der Waals surface area contributed by atoms with Gasteiger partial charge in [0.15, 0.2) is 0 Å². The standard InChI is InChI=1S/C33H30F3NO/c1-18-7-9-23-20(13-18)15-25-29-27-24(11-12-37-29)22-10-8-19(17-32(5,6)33(34,35)36)14-21(22)16-26(27)38-30(25)28(23)31(2,3)4/h7-16H,17H2,1-6H3. The Hall–Kier alpha value is -3.60. The van der Waals surface area contributed by atoms with E-state index < -0.39 is 11.6 Å². The minimum atomic E-state index is -4.28. The maximum atomic E-state index is 13.6. The van der Waals surface area contributed by atoms with Gasteiger partial charge in [0, 0.05) is 17.3 Å². The van der Waals surface area contributed by atoms with Crippen LogP contribution < -0.4 is 4.74 Å². The summed E-state index contributed by atoms with van der Waals surface area (Å²) in [4.78, 5) is 4.83. The molecule has 194 valence electrons. The number of hydrogen-bond donors (Lipinski definition) is 0. The van der Waals surface area contributed by atoms with Crippen molar-refractivity contribution in [3.8, 4) is 22.8 Å². The van der Waals surface area contributed by atoms with Crippen LogP contribution in [0.1, 0.15) is 51.3 Å². The lowest BCUT2D eigenvalue weighted by molar-refractivity contribution is -0.211. The summed E-state index contributed by atoms with van der Waals surface area (Å²) in [5.74, 6) is 1.49. The topological polar surface area (TPSA) is 22.1 Å². The first-order valence-electron chi connectivity index (χ1n) is 12.9. The molecule has 38 heavy (non-hydrogen) atoms. The third-order valence-corrected chi connectivity index (χ3v) is 7.77. The number of fused-ring (bicyclic) bond motifs is 5. The van der Waals surface area contributed by atoms with Crippen molar-refractivity contribution >= 4 is 32.3 Å². The molecule has 6 rings (SSSR count). The van der Waals surface area contributed by atoms with E-state index in [-0.39, 0.29) is 11.8 Å². The molecule has 0 amide bonds. The minimum Gasteiger partial charge on any atom is -0.456 e. The molecule has 1 aliphatic heterocycles. The zero-order valence-electron chi connectivity index (χ0n) is 22.5. The summed E-state index contributed by atoms with van der Waals surface area (Å²) in [5.41, 5.74) is 2.78. The highest BCUT2D eigenvalue weighted by Gasteiger charge is 2.47. The first-order valence-corrected chi connectivity index (χ1v) is 12.9. The molecule has 0 saturated carbocycles. The maximum Gasteiger partial charge on any atom is 0.394 e. The van der Waals surface area contributed by atoms with Crippen molar-refractivity contribution < 1.29 is 17.9 Å². The van der Waals surface area contributed by atoms with Crippen molar-refractivity contribution in [2.45, 2.75) is 59.6 Å². The van der Waals surface area contributed by atoms with Crippen LogP contribution in [0.2, 0.25) is 0 Å². The van der Waals surface area contributed by atoms with Crippen LogP contribution in [0.4, 0.5) is 13.2 Å². The molecule has 0 unspecified atom stereocenters. The number of halogens is 3. The second-order valence-corrected chi connectivity index (χ2v) is 12.3. The summed E-state index contributed by atoms with van der Waals surface area (Å²) in [6.07, 6.45) is -2.56. The lowest BCUT2D eigenvalue weighted by Gasteiger charge is -2.30. The van der Waals surface area contributed by atoms with Crippen molar-refractivity contribution in [2.75, 3.05) is 0 Å². The molecule has 2 heterocycles. The molecule has 0 bridgehead atoms. The van der Waals surface area contributed by atoms with E-state index in [2.05, 4.69) is 52.0 Å². The van der Waals surface area contributed by atoms with Crippen molar-refractivity contribution in [3.63, 3.8) is 0 Å². The van der Waals surface area contributed by atoms with E-state index in [9.17, 15) is 13.2 Å². The van der Waals surface area contributed by atoms with E-state index in [4.69, 9.17) is 9.72 Å². The SMILES string of the molecule is Cc1ccc2c(C(C)(C)C)c3c(cc2c1)-c1nccc2c1c(cc1cc(CC(C)(C)C(F)(F)F)ccc12)O3. The van der Waals surface area contributed by atoms with Crippen LogP contribution in [-0.4, -0.2) is 11.2 Å². The number of hydrogen-bond acceptors (Lipinski definition) is 2. The van der Waals surface area contributed by atoms with Gasteiger partial charge in [-0.1, -0.05) is 76.6 Å². The molecule has 0 atom stereocenters. The first kappa shape index (κ1) is 24.7. The Labute approximate surface area is 220 Å². The number of aryl methyl sites for hydroxylation is 1. The van der Waals surface area contributed by atoms with E-state index in [1.165, 1.54) is 19.4 Å². The number of alkyl halides is 3. The van der Waals surface area contributed by atoms with Gasteiger partial charge in [0.05, 0.1) is 16.5 Å². The zero-order chi connectivity index (χ0) is 27.2. The van der Waals surface area contributed by atoms with Crippen molar-refractivity contribution in [1.29, 1.82) is 0 Å². The Morgan fingerprint density at radius 3 is 2.21 bits per heavy atom. The van der Waals surface area contributed by atoms with E-state index in [0.717, 1.165) is 54.9 Å². The second-order valence-electron chi connectivity index (χ2n) is 12.3. The lowest BCUT2D eigenvalue weighted by Crippen LogP contribution is -2.34. The van der Waals surface area contributed by atoms with Crippen LogP contribution >= 0.6 is 0 Å². The zero-order valence-corrected chi connectivity index (χ0v) is 22.5. The molecule has 0 N–H and O–H groups in total. The van der Waals surface area contributed by atoms with Gasteiger partial charge in [-0.3, -0.25) is 4.98 Å². The van der Waals surface area contributed by atoms with Gasteiger partial charge in [-0.2, -0.15) is 13.2 Å². The average Bonchev–Trinajstić information content (AvgIpc) is 2.81. The monoisotopic (exact) mass is 513 g/mol. The average molecular weight is 514 g/mol. The van der Waals surface area contributed by atoms with Gasteiger partial charge in [0.1, 0.15) is 11.5 Å². The van der Waals surface area contributed by atoms with Crippen molar-refractivity contribution in [2.24, 2.45) is 5.41 Å².